The van der Waals surface area contributed by atoms with Gasteiger partial charge >= 0.3 is 0 Å². The second kappa shape index (κ2) is 6.26. The fourth-order valence-corrected chi connectivity index (χ4v) is 1.34. The van der Waals surface area contributed by atoms with E-state index in [-0.39, 0.29) is 0 Å². The minimum absolute atomic E-state index is 0.699. The van der Waals surface area contributed by atoms with Crippen molar-refractivity contribution in [3.63, 3.8) is 0 Å². The molecule has 0 saturated carbocycles. The standard InChI is InChI=1S/C10H21N/c1-5-7-8-9(3)10(6-2)11-4/h6,9,11H,5,7-8H2,1-4H3/b10-6+. The molecule has 1 nitrogen and oxygen atoms in total. The zero-order valence-corrected chi connectivity index (χ0v) is 8.28. The average Bonchev–Trinajstić information content (AvgIpc) is 2.03. The van der Waals surface area contributed by atoms with Crippen molar-refractivity contribution in [2.45, 2.75) is 40.0 Å². The molecule has 1 N–H and O–H groups in total. The summed E-state index contributed by atoms with van der Waals surface area (Å²) in [6.07, 6.45) is 6.10. The van der Waals surface area contributed by atoms with Gasteiger partial charge in [-0.25, -0.2) is 0 Å². The van der Waals surface area contributed by atoms with E-state index in [0.717, 1.165) is 0 Å². The highest BCUT2D eigenvalue weighted by Gasteiger charge is 2.04. The van der Waals surface area contributed by atoms with E-state index in [1.54, 1.807) is 0 Å². The van der Waals surface area contributed by atoms with Crippen LogP contribution in [-0.2, 0) is 0 Å². The highest BCUT2D eigenvalue weighted by molar-refractivity contribution is 5.00. The highest BCUT2D eigenvalue weighted by Crippen LogP contribution is 2.14. The van der Waals surface area contributed by atoms with Crippen LogP contribution in [-0.4, -0.2) is 7.05 Å². The van der Waals surface area contributed by atoms with E-state index >= 15 is 0 Å². The maximum atomic E-state index is 3.22. The lowest BCUT2D eigenvalue weighted by molar-refractivity contribution is 0.546. The molecule has 0 rings (SSSR count). The van der Waals surface area contributed by atoms with Gasteiger partial charge in [0.1, 0.15) is 0 Å². The van der Waals surface area contributed by atoms with Crippen LogP contribution in [0.3, 0.4) is 0 Å². The van der Waals surface area contributed by atoms with E-state index in [9.17, 15) is 0 Å². The van der Waals surface area contributed by atoms with Crippen molar-refractivity contribution >= 4 is 0 Å². The van der Waals surface area contributed by atoms with Crippen molar-refractivity contribution in [2.24, 2.45) is 5.92 Å². The summed E-state index contributed by atoms with van der Waals surface area (Å²) < 4.78 is 0. The molecule has 1 atom stereocenters. The van der Waals surface area contributed by atoms with Gasteiger partial charge in [-0.15, -0.1) is 0 Å². The molecule has 0 aromatic heterocycles. The molecule has 0 heterocycles. The quantitative estimate of drug-likeness (QED) is 0.643. The van der Waals surface area contributed by atoms with Gasteiger partial charge in [0.05, 0.1) is 0 Å². The van der Waals surface area contributed by atoms with Gasteiger partial charge in [0.15, 0.2) is 0 Å². The SMILES string of the molecule is C/C=C(/NC)C(C)CCCC. The molecule has 0 aromatic carbocycles. The first kappa shape index (κ1) is 10.5. The molecular weight excluding hydrogens is 134 g/mol. The Bertz CT molecular complexity index is 116. The number of nitrogens with one attached hydrogen (secondary N) is 1. The lowest BCUT2D eigenvalue weighted by atomic mass is 10.0. The zero-order chi connectivity index (χ0) is 8.69. The average molecular weight is 155 g/mol. The van der Waals surface area contributed by atoms with Crippen molar-refractivity contribution in [3.8, 4) is 0 Å². The van der Waals surface area contributed by atoms with Crippen LogP contribution in [0.1, 0.15) is 40.0 Å². The summed E-state index contributed by atoms with van der Waals surface area (Å²) in [4.78, 5) is 0. The molecule has 0 aliphatic rings. The predicted octanol–water partition coefficient (Wildman–Crippen LogP) is 2.94. The van der Waals surface area contributed by atoms with E-state index in [1.807, 2.05) is 7.05 Å². The van der Waals surface area contributed by atoms with E-state index in [1.165, 1.54) is 25.0 Å². The highest BCUT2D eigenvalue weighted by atomic mass is 14.8. The first-order chi connectivity index (χ1) is 5.26. The van der Waals surface area contributed by atoms with E-state index in [4.69, 9.17) is 0 Å². The summed E-state index contributed by atoms with van der Waals surface area (Å²) in [5.41, 5.74) is 1.37. The largest absolute Gasteiger partial charge is 0.391 e. The molecule has 1 unspecified atom stereocenters. The number of allylic oxidation sites excluding steroid dienone is 2. The molecule has 0 radical (unpaired) electrons. The fraction of sp³-hybridized carbons (Fsp3) is 0.800. The lowest BCUT2D eigenvalue weighted by Gasteiger charge is -2.14. The molecule has 0 saturated heterocycles. The molecule has 0 spiro atoms. The third-order valence-corrected chi connectivity index (χ3v) is 2.12. The molecule has 0 bridgehead atoms. The Morgan fingerprint density at radius 2 is 2.18 bits per heavy atom. The summed E-state index contributed by atoms with van der Waals surface area (Å²) in [7, 11) is 2.00. The van der Waals surface area contributed by atoms with Crippen LogP contribution in [0.25, 0.3) is 0 Å². The Hall–Kier alpha value is -0.460. The van der Waals surface area contributed by atoms with Crippen LogP contribution in [0.5, 0.6) is 0 Å². The number of unbranched alkanes of at least 4 members (excludes halogenated alkanes) is 1. The van der Waals surface area contributed by atoms with Gasteiger partial charge in [-0.1, -0.05) is 32.8 Å². The maximum Gasteiger partial charge on any atom is 0.00894 e. The van der Waals surface area contributed by atoms with Gasteiger partial charge in [0, 0.05) is 12.7 Å². The van der Waals surface area contributed by atoms with Crippen molar-refractivity contribution in [2.75, 3.05) is 7.05 Å². The third-order valence-electron chi connectivity index (χ3n) is 2.12. The normalized spacial score (nSPS) is 14.7. The van der Waals surface area contributed by atoms with Crippen molar-refractivity contribution in [3.05, 3.63) is 11.8 Å². The van der Waals surface area contributed by atoms with Crippen molar-refractivity contribution < 1.29 is 0 Å². The molecule has 0 amide bonds. The Kier molecular flexibility index (Phi) is 6.00. The fourth-order valence-electron chi connectivity index (χ4n) is 1.34. The molecule has 1 heteroatoms. The molecule has 0 aliphatic carbocycles. The number of hydrogen-bond acceptors (Lipinski definition) is 1. The molecule has 0 fully saturated rings. The minimum atomic E-state index is 0.699. The van der Waals surface area contributed by atoms with Crippen LogP contribution in [0.2, 0.25) is 0 Å². The molecule has 0 aliphatic heterocycles. The van der Waals surface area contributed by atoms with Crippen LogP contribution >= 0.6 is 0 Å². The van der Waals surface area contributed by atoms with Gasteiger partial charge in [-0.3, -0.25) is 0 Å². The predicted molar refractivity (Wildman–Crippen MR) is 51.5 cm³/mol. The molecule has 0 aromatic rings. The minimum Gasteiger partial charge on any atom is -0.391 e. The number of hydrogen-bond donors (Lipinski definition) is 1. The smallest absolute Gasteiger partial charge is 0.00894 e. The Morgan fingerprint density at radius 1 is 1.55 bits per heavy atom. The Balaban J connectivity index is 3.70. The van der Waals surface area contributed by atoms with Gasteiger partial charge in [0.25, 0.3) is 0 Å². The monoisotopic (exact) mass is 155 g/mol. The first-order valence-corrected chi connectivity index (χ1v) is 4.60. The molecule has 66 valence electrons. The third kappa shape index (κ3) is 4.07. The zero-order valence-electron chi connectivity index (χ0n) is 8.28. The second-order valence-electron chi connectivity index (χ2n) is 3.04. The van der Waals surface area contributed by atoms with Gasteiger partial charge in [0.2, 0.25) is 0 Å². The first-order valence-electron chi connectivity index (χ1n) is 4.60. The second-order valence-corrected chi connectivity index (χ2v) is 3.04. The summed E-state index contributed by atoms with van der Waals surface area (Å²) >= 11 is 0. The Morgan fingerprint density at radius 3 is 2.55 bits per heavy atom. The van der Waals surface area contributed by atoms with Crippen LogP contribution in [0.4, 0.5) is 0 Å². The maximum absolute atomic E-state index is 3.22. The van der Waals surface area contributed by atoms with Gasteiger partial charge in [-0.05, 0) is 19.3 Å². The summed E-state index contributed by atoms with van der Waals surface area (Å²) in [5.74, 6) is 0.699. The Labute approximate surface area is 70.9 Å². The number of rotatable bonds is 5. The van der Waals surface area contributed by atoms with Gasteiger partial charge in [-0.2, -0.15) is 0 Å². The molecule has 11 heavy (non-hydrogen) atoms. The van der Waals surface area contributed by atoms with Gasteiger partial charge < -0.3 is 5.32 Å². The molecular formula is C10H21N. The summed E-state index contributed by atoms with van der Waals surface area (Å²) in [5, 5.41) is 3.22. The van der Waals surface area contributed by atoms with Crippen molar-refractivity contribution in [1.82, 2.24) is 5.32 Å². The van der Waals surface area contributed by atoms with Crippen LogP contribution in [0.15, 0.2) is 11.8 Å². The summed E-state index contributed by atoms with van der Waals surface area (Å²) in [6, 6.07) is 0. The van der Waals surface area contributed by atoms with Crippen LogP contribution < -0.4 is 5.32 Å². The van der Waals surface area contributed by atoms with Crippen LogP contribution in [0, 0.1) is 5.92 Å². The summed E-state index contributed by atoms with van der Waals surface area (Å²) in [6.45, 7) is 6.61. The topological polar surface area (TPSA) is 12.0 Å². The van der Waals surface area contributed by atoms with E-state index in [2.05, 4.69) is 32.2 Å². The lowest BCUT2D eigenvalue weighted by Crippen LogP contribution is -2.13. The van der Waals surface area contributed by atoms with E-state index in [0.29, 0.717) is 5.92 Å². The van der Waals surface area contributed by atoms with Crippen molar-refractivity contribution in [1.29, 1.82) is 0 Å². The van der Waals surface area contributed by atoms with E-state index < -0.39 is 0 Å².